The van der Waals surface area contributed by atoms with E-state index in [0.717, 1.165) is 22.7 Å². The second kappa shape index (κ2) is 8.26. The Hall–Kier alpha value is -2.85. The monoisotopic (exact) mass is 416 g/mol. The fourth-order valence-electron chi connectivity index (χ4n) is 2.54. The van der Waals surface area contributed by atoms with E-state index in [1.807, 2.05) is 12.1 Å². The number of hydrogen-bond donors (Lipinski definition) is 3. The van der Waals surface area contributed by atoms with Crippen LogP contribution >= 0.6 is 0 Å². The zero-order valence-corrected chi connectivity index (χ0v) is 17.6. The molecular formula is C20H24N4O4S. The maximum atomic E-state index is 12.1. The quantitative estimate of drug-likeness (QED) is 0.376. The number of aryl methyl sites for hydroxylation is 1. The summed E-state index contributed by atoms with van der Waals surface area (Å²) in [5.41, 5.74) is 8.13. The fraction of sp³-hybridized carbons (Fsp3) is 0.400. The number of hydroxylamine groups is 1. The van der Waals surface area contributed by atoms with Crippen molar-refractivity contribution in [3.63, 3.8) is 0 Å². The Labute approximate surface area is 170 Å². The topological polar surface area (TPSA) is 127 Å². The van der Waals surface area contributed by atoms with Gasteiger partial charge in [-0.15, -0.1) is 0 Å². The van der Waals surface area contributed by atoms with Crippen LogP contribution in [-0.4, -0.2) is 45.9 Å². The van der Waals surface area contributed by atoms with Crippen LogP contribution in [0.5, 0.6) is 0 Å². The minimum Gasteiger partial charge on any atom is -0.316 e. The van der Waals surface area contributed by atoms with Gasteiger partial charge in [0, 0.05) is 23.8 Å². The van der Waals surface area contributed by atoms with Gasteiger partial charge >= 0.3 is 0 Å². The second-order valence-corrected chi connectivity index (χ2v) is 10.0. The molecule has 1 heterocycles. The summed E-state index contributed by atoms with van der Waals surface area (Å²) in [6, 6.07) is 5.47. The number of aromatic nitrogens is 2. The van der Waals surface area contributed by atoms with Gasteiger partial charge in [0.25, 0.3) is 5.91 Å². The molecule has 0 aliphatic rings. The van der Waals surface area contributed by atoms with Crippen LogP contribution in [-0.2, 0) is 21.2 Å². The minimum absolute atomic E-state index is 0.0545. The highest BCUT2D eigenvalue weighted by atomic mass is 32.2. The molecule has 1 aromatic carbocycles. The number of rotatable bonds is 5. The zero-order chi connectivity index (χ0) is 21.9. The number of nitrogens with one attached hydrogen (secondary N) is 1. The summed E-state index contributed by atoms with van der Waals surface area (Å²) in [5, 5.41) is 14.0. The lowest BCUT2D eigenvalue weighted by Crippen LogP contribution is -2.49. The van der Waals surface area contributed by atoms with Gasteiger partial charge in [0.15, 0.2) is 14.6 Å². The Balaban J connectivity index is 2.25. The van der Waals surface area contributed by atoms with E-state index in [-0.39, 0.29) is 13.0 Å². The van der Waals surface area contributed by atoms with Crippen molar-refractivity contribution in [2.45, 2.75) is 44.0 Å². The van der Waals surface area contributed by atoms with Crippen LogP contribution in [0.1, 0.15) is 32.8 Å². The molecule has 0 fully saturated rings. The molecule has 4 N–H and O–H groups in total. The van der Waals surface area contributed by atoms with E-state index in [0.29, 0.717) is 0 Å². The molecule has 0 radical (unpaired) electrons. The summed E-state index contributed by atoms with van der Waals surface area (Å²) in [7, 11) is -3.77. The summed E-state index contributed by atoms with van der Waals surface area (Å²) in [6.45, 7) is 5.03. The van der Waals surface area contributed by atoms with Crippen molar-refractivity contribution < 1.29 is 18.4 Å². The van der Waals surface area contributed by atoms with Crippen LogP contribution in [0.4, 0.5) is 0 Å². The molecule has 0 unspecified atom stereocenters. The summed E-state index contributed by atoms with van der Waals surface area (Å²) in [5.74, 6) is 10.3. The molecule has 0 aliphatic carbocycles. The number of sulfone groups is 1. The average Bonchev–Trinajstić information content (AvgIpc) is 3.03. The largest absolute Gasteiger partial charge is 0.316 e. The Morgan fingerprint density at radius 2 is 2.00 bits per heavy atom. The molecule has 29 heavy (non-hydrogen) atoms. The first kappa shape index (κ1) is 22.4. The Morgan fingerprint density at radius 1 is 1.31 bits per heavy atom. The predicted molar refractivity (Wildman–Crippen MR) is 110 cm³/mol. The maximum absolute atomic E-state index is 12.1. The number of carbonyl (C=O) groups is 1. The van der Waals surface area contributed by atoms with Crippen molar-refractivity contribution >= 4 is 26.6 Å². The van der Waals surface area contributed by atoms with Crippen LogP contribution in [0.15, 0.2) is 24.4 Å². The molecule has 9 heteroatoms. The van der Waals surface area contributed by atoms with Gasteiger partial charge in [-0.05, 0) is 57.2 Å². The van der Waals surface area contributed by atoms with Gasteiger partial charge in [-0.1, -0.05) is 11.8 Å². The van der Waals surface area contributed by atoms with Crippen molar-refractivity contribution in [2.75, 3.05) is 6.26 Å². The summed E-state index contributed by atoms with van der Waals surface area (Å²) < 4.78 is 24.0. The first-order valence-electron chi connectivity index (χ1n) is 8.79. The molecule has 2 rings (SSSR count). The number of nitrogens with zero attached hydrogens (tertiary/aromatic N) is 2. The third-order valence-electron chi connectivity index (χ3n) is 4.50. The van der Waals surface area contributed by atoms with E-state index >= 15 is 0 Å². The van der Waals surface area contributed by atoms with Crippen LogP contribution in [0.2, 0.25) is 0 Å². The lowest BCUT2D eigenvalue weighted by molar-refractivity contribution is -0.131. The molecule has 0 saturated heterocycles. The number of carbonyl (C=O) groups excluding carboxylic acids is 1. The van der Waals surface area contributed by atoms with Crippen molar-refractivity contribution in [2.24, 2.45) is 5.73 Å². The molecule has 1 aromatic heterocycles. The molecule has 1 amide bonds. The van der Waals surface area contributed by atoms with Gasteiger partial charge in [-0.2, -0.15) is 5.10 Å². The highest BCUT2D eigenvalue weighted by Crippen LogP contribution is 2.24. The number of benzene rings is 1. The maximum Gasteiger partial charge on any atom is 0.264 e. The van der Waals surface area contributed by atoms with Crippen molar-refractivity contribution in [3.8, 4) is 23.7 Å². The molecule has 8 nitrogen and oxygen atoms in total. The first-order chi connectivity index (χ1) is 13.4. The van der Waals surface area contributed by atoms with E-state index < -0.39 is 26.0 Å². The molecule has 0 aliphatic heterocycles. The molecule has 1 atom stereocenters. The van der Waals surface area contributed by atoms with Gasteiger partial charge in [-0.3, -0.25) is 14.7 Å². The Morgan fingerprint density at radius 3 is 2.59 bits per heavy atom. The number of amides is 1. The van der Waals surface area contributed by atoms with E-state index in [2.05, 4.69) is 28.8 Å². The predicted octanol–water partition coefficient (Wildman–Crippen LogP) is 0.827. The highest BCUT2D eigenvalue weighted by molar-refractivity contribution is 7.92. The third-order valence-corrected chi connectivity index (χ3v) is 6.52. The van der Waals surface area contributed by atoms with E-state index in [4.69, 9.17) is 10.9 Å². The van der Waals surface area contributed by atoms with Crippen LogP contribution in [0.25, 0.3) is 10.9 Å². The molecule has 0 saturated carbocycles. The van der Waals surface area contributed by atoms with E-state index in [1.54, 1.807) is 30.8 Å². The zero-order valence-electron chi connectivity index (χ0n) is 16.8. The van der Waals surface area contributed by atoms with E-state index in [1.165, 1.54) is 12.4 Å². The summed E-state index contributed by atoms with van der Waals surface area (Å²) >= 11 is 0. The smallest absolute Gasteiger partial charge is 0.264 e. The van der Waals surface area contributed by atoms with Gasteiger partial charge in [0.2, 0.25) is 0 Å². The lowest BCUT2D eigenvalue weighted by atomic mass is 10.1. The van der Waals surface area contributed by atoms with Gasteiger partial charge in [0.05, 0.1) is 17.3 Å². The number of nitrogens with two attached hydrogens (primary N) is 1. The number of hydrogen-bond acceptors (Lipinski definition) is 6. The third kappa shape index (κ3) is 5.36. The van der Waals surface area contributed by atoms with Crippen molar-refractivity contribution in [1.29, 1.82) is 0 Å². The van der Waals surface area contributed by atoms with Gasteiger partial charge < -0.3 is 5.73 Å². The van der Waals surface area contributed by atoms with Crippen LogP contribution in [0.3, 0.4) is 0 Å². The van der Waals surface area contributed by atoms with Crippen LogP contribution in [0, 0.1) is 23.7 Å². The second-order valence-electron chi connectivity index (χ2n) is 7.56. The normalized spacial score (nSPS) is 13.6. The number of fused-ring (bicyclic) bond motifs is 1. The standard InChI is InChI=1S/C20H24N4O4S/c1-19(2,21)10-6-5-7-15-8-9-17-16(13-15)14-22-24(17)12-11-20(3,18(25)23-26)29(4,27)28/h8-9,13-14,26H,11-12,21H2,1-4H3,(H,23,25)/t20-/m1/s1. The van der Waals surface area contributed by atoms with Gasteiger partial charge in [-0.25, -0.2) is 13.9 Å². The first-order valence-corrected chi connectivity index (χ1v) is 10.7. The Kier molecular flexibility index (Phi) is 6.39. The van der Waals surface area contributed by atoms with E-state index in [9.17, 15) is 13.2 Å². The fourth-order valence-corrected chi connectivity index (χ4v) is 3.39. The molecule has 154 valence electrons. The summed E-state index contributed by atoms with van der Waals surface area (Å²) in [6.07, 6.45) is 2.54. The van der Waals surface area contributed by atoms with Crippen molar-refractivity contribution in [1.82, 2.24) is 15.3 Å². The Bertz CT molecular complexity index is 1150. The van der Waals surface area contributed by atoms with Crippen molar-refractivity contribution in [3.05, 3.63) is 30.0 Å². The van der Waals surface area contributed by atoms with Gasteiger partial charge in [0.1, 0.15) is 0 Å². The molecule has 0 spiro atoms. The average molecular weight is 417 g/mol. The highest BCUT2D eigenvalue weighted by Gasteiger charge is 2.43. The summed E-state index contributed by atoms with van der Waals surface area (Å²) in [4.78, 5) is 11.9. The van der Waals surface area contributed by atoms with Crippen LogP contribution < -0.4 is 11.2 Å². The molecule has 0 bridgehead atoms. The molecule has 2 aromatic rings. The minimum atomic E-state index is -3.77. The lowest BCUT2D eigenvalue weighted by Gasteiger charge is -2.25. The molecular weight excluding hydrogens is 392 g/mol. The SMILES string of the molecule is CC(C)(N)C#CC#Cc1ccc2c(cnn2CC[C@](C)(C(=O)NO)S(C)(=O)=O)c1.